The molecular weight excluding hydrogens is 298 g/mol. The van der Waals surface area contributed by atoms with Crippen molar-refractivity contribution < 1.29 is 9.72 Å². The Morgan fingerprint density at radius 2 is 2.00 bits per heavy atom. The Morgan fingerprint density at radius 1 is 1.26 bits per heavy atom. The van der Waals surface area contributed by atoms with Crippen LogP contribution in [0.3, 0.4) is 0 Å². The number of carbonyl (C=O) groups is 1. The fourth-order valence-electron chi connectivity index (χ4n) is 2.99. The van der Waals surface area contributed by atoms with E-state index in [-0.39, 0.29) is 22.6 Å². The van der Waals surface area contributed by atoms with E-state index in [0.29, 0.717) is 29.7 Å². The Morgan fingerprint density at radius 3 is 2.70 bits per heavy atom. The summed E-state index contributed by atoms with van der Waals surface area (Å²) in [7, 11) is 0. The van der Waals surface area contributed by atoms with Crippen LogP contribution in [0.15, 0.2) is 29.1 Å². The molecule has 0 atom stereocenters. The summed E-state index contributed by atoms with van der Waals surface area (Å²) in [6.07, 6.45) is 0.892. The van der Waals surface area contributed by atoms with E-state index in [1.165, 1.54) is 18.2 Å². The number of rotatable bonds is 2. The molecule has 0 aliphatic heterocycles. The highest BCUT2D eigenvalue weighted by atomic mass is 16.6. The molecule has 1 heterocycles. The van der Waals surface area contributed by atoms with E-state index in [0.717, 1.165) is 0 Å². The second-order valence-electron chi connectivity index (χ2n) is 6.49. The van der Waals surface area contributed by atoms with E-state index in [9.17, 15) is 19.7 Å². The molecule has 0 spiro atoms. The van der Waals surface area contributed by atoms with Crippen molar-refractivity contribution in [2.75, 3.05) is 0 Å². The van der Waals surface area contributed by atoms with Gasteiger partial charge in [-0.3, -0.25) is 14.9 Å². The monoisotopic (exact) mass is 313 g/mol. The molecule has 0 fully saturated rings. The molecule has 0 amide bonds. The number of non-ortho nitro benzene ring substituents is 1. The third kappa shape index (κ3) is 2.77. The Bertz CT molecular complexity index is 883. The molecule has 0 saturated heterocycles. The van der Waals surface area contributed by atoms with Crippen LogP contribution in [-0.4, -0.2) is 20.7 Å². The molecule has 3 rings (SSSR count). The normalized spacial score (nSPS) is 16.0. The minimum absolute atomic E-state index is 0.109. The quantitative estimate of drug-likeness (QED) is 0.677. The second-order valence-corrected chi connectivity index (χ2v) is 6.49. The van der Waals surface area contributed by atoms with E-state index in [2.05, 4.69) is 9.97 Å². The van der Waals surface area contributed by atoms with E-state index < -0.39 is 10.6 Å². The van der Waals surface area contributed by atoms with Crippen molar-refractivity contribution in [3.63, 3.8) is 0 Å². The number of ketones is 1. The number of benzene rings is 1. The molecule has 0 unspecified atom stereocenters. The number of nitro groups is 1. The van der Waals surface area contributed by atoms with Crippen molar-refractivity contribution in [1.29, 1.82) is 0 Å². The van der Waals surface area contributed by atoms with Crippen molar-refractivity contribution in [3.05, 3.63) is 56.1 Å². The maximum atomic E-state index is 12.5. The molecule has 1 aromatic heterocycles. The van der Waals surface area contributed by atoms with Gasteiger partial charge in [0.25, 0.3) is 5.69 Å². The van der Waals surface area contributed by atoms with Crippen LogP contribution in [0, 0.1) is 15.5 Å². The van der Waals surface area contributed by atoms with Gasteiger partial charge in [-0.2, -0.15) is 4.98 Å². The van der Waals surface area contributed by atoms with Gasteiger partial charge in [-0.25, -0.2) is 4.79 Å². The van der Waals surface area contributed by atoms with Gasteiger partial charge in [0.05, 0.1) is 16.2 Å². The third-order valence-electron chi connectivity index (χ3n) is 3.91. The van der Waals surface area contributed by atoms with Gasteiger partial charge in [0.15, 0.2) is 5.78 Å². The van der Waals surface area contributed by atoms with Gasteiger partial charge in [-0.05, 0) is 11.8 Å². The Kier molecular flexibility index (Phi) is 3.35. The van der Waals surface area contributed by atoms with Crippen molar-refractivity contribution >= 4 is 11.5 Å². The summed E-state index contributed by atoms with van der Waals surface area (Å²) in [5.74, 6) is -0.110. The average Bonchev–Trinajstić information content (AvgIpc) is 2.44. The van der Waals surface area contributed by atoms with Crippen molar-refractivity contribution in [2.24, 2.45) is 5.41 Å². The lowest BCUT2D eigenvalue weighted by atomic mass is 9.75. The lowest BCUT2D eigenvalue weighted by Crippen LogP contribution is -2.31. The summed E-state index contributed by atoms with van der Waals surface area (Å²) in [5, 5.41) is 10.9. The average molecular weight is 313 g/mol. The zero-order valence-corrected chi connectivity index (χ0v) is 12.8. The Hall–Kier alpha value is -2.83. The first kappa shape index (κ1) is 15.1. The van der Waals surface area contributed by atoms with Gasteiger partial charge < -0.3 is 4.98 Å². The maximum Gasteiger partial charge on any atom is 0.345 e. The Balaban J connectivity index is 2.24. The van der Waals surface area contributed by atoms with Crippen LogP contribution in [0.5, 0.6) is 0 Å². The molecular formula is C16H15N3O4. The van der Waals surface area contributed by atoms with Crippen LogP contribution in [0.25, 0.3) is 11.3 Å². The fourth-order valence-corrected chi connectivity index (χ4v) is 2.99. The number of aromatic nitrogens is 2. The first-order valence-electron chi connectivity index (χ1n) is 7.18. The smallest absolute Gasteiger partial charge is 0.309 e. The van der Waals surface area contributed by atoms with E-state index in [1.54, 1.807) is 6.07 Å². The first-order chi connectivity index (χ1) is 10.8. The van der Waals surface area contributed by atoms with Crippen LogP contribution >= 0.6 is 0 Å². The Labute approximate surface area is 131 Å². The molecule has 1 aliphatic carbocycles. The van der Waals surface area contributed by atoms with E-state index in [1.807, 2.05) is 13.8 Å². The number of hydrogen-bond acceptors (Lipinski definition) is 5. The highest BCUT2D eigenvalue weighted by Crippen LogP contribution is 2.37. The van der Waals surface area contributed by atoms with E-state index in [4.69, 9.17) is 0 Å². The van der Waals surface area contributed by atoms with Crippen molar-refractivity contribution in [2.45, 2.75) is 26.7 Å². The van der Waals surface area contributed by atoms with Crippen molar-refractivity contribution in [3.8, 4) is 11.3 Å². The van der Waals surface area contributed by atoms with Gasteiger partial charge in [0.1, 0.15) is 0 Å². The molecule has 0 saturated carbocycles. The summed E-state index contributed by atoms with van der Waals surface area (Å²) >= 11 is 0. The lowest BCUT2D eigenvalue weighted by Gasteiger charge is -2.30. The highest BCUT2D eigenvalue weighted by molar-refractivity contribution is 6.03. The van der Waals surface area contributed by atoms with Crippen LogP contribution < -0.4 is 5.69 Å². The lowest BCUT2D eigenvalue weighted by molar-refractivity contribution is -0.384. The van der Waals surface area contributed by atoms with Crippen LogP contribution in [0.2, 0.25) is 0 Å². The second kappa shape index (κ2) is 5.12. The molecule has 1 aliphatic rings. The molecule has 0 radical (unpaired) electrons. The molecule has 2 aromatic rings. The summed E-state index contributed by atoms with van der Waals surface area (Å²) in [4.78, 5) is 41.4. The van der Waals surface area contributed by atoms with Gasteiger partial charge in [-0.1, -0.05) is 26.0 Å². The largest absolute Gasteiger partial charge is 0.345 e. The van der Waals surface area contributed by atoms with Gasteiger partial charge in [0.2, 0.25) is 0 Å². The number of carbonyl (C=O) groups excluding carboxylic acids is 1. The van der Waals surface area contributed by atoms with Crippen LogP contribution in [-0.2, 0) is 6.42 Å². The number of aromatic amines is 1. The predicted octanol–water partition coefficient (Wildman–Crippen LogP) is 2.50. The summed E-state index contributed by atoms with van der Waals surface area (Å²) in [6, 6.07) is 5.81. The SMILES string of the molecule is CC1(C)CC(=O)c2c(-c3cccc([N+](=O)[O-])c3)nc(=O)[nH]c2C1. The van der Waals surface area contributed by atoms with Gasteiger partial charge in [-0.15, -0.1) is 0 Å². The first-order valence-corrected chi connectivity index (χ1v) is 7.18. The number of hydrogen-bond donors (Lipinski definition) is 1. The maximum absolute atomic E-state index is 12.5. The zero-order valence-electron chi connectivity index (χ0n) is 12.8. The minimum Gasteiger partial charge on any atom is -0.309 e. The van der Waals surface area contributed by atoms with Crippen LogP contribution in [0.1, 0.15) is 36.3 Å². The molecule has 7 heteroatoms. The number of Topliss-reactive ketones (excluding diaryl/α,β-unsaturated/α-hetero) is 1. The summed E-state index contributed by atoms with van der Waals surface area (Å²) in [5.41, 5.74) is 0.617. The number of fused-ring (bicyclic) bond motifs is 1. The summed E-state index contributed by atoms with van der Waals surface area (Å²) in [6.45, 7) is 3.92. The molecule has 1 aromatic carbocycles. The zero-order chi connectivity index (χ0) is 16.8. The number of nitro benzene ring substituents is 1. The highest BCUT2D eigenvalue weighted by Gasteiger charge is 2.34. The number of H-pyrrole nitrogens is 1. The molecule has 7 nitrogen and oxygen atoms in total. The standard InChI is InChI=1S/C16H15N3O4/c1-16(2)7-11-13(12(20)8-16)14(18-15(21)17-11)9-4-3-5-10(6-9)19(22)23/h3-6H,7-8H2,1-2H3,(H,17,18,21). The predicted molar refractivity (Wildman–Crippen MR) is 83.4 cm³/mol. The van der Waals surface area contributed by atoms with Gasteiger partial charge >= 0.3 is 5.69 Å². The topological polar surface area (TPSA) is 106 Å². The molecule has 0 bridgehead atoms. The van der Waals surface area contributed by atoms with Gasteiger partial charge in [0, 0.05) is 29.8 Å². The minimum atomic E-state index is -0.559. The fraction of sp³-hybridized carbons (Fsp3) is 0.312. The third-order valence-corrected chi connectivity index (χ3v) is 3.91. The number of nitrogens with zero attached hydrogens (tertiary/aromatic N) is 2. The summed E-state index contributed by atoms with van der Waals surface area (Å²) < 4.78 is 0. The molecule has 23 heavy (non-hydrogen) atoms. The van der Waals surface area contributed by atoms with Crippen LogP contribution in [0.4, 0.5) is 5.69 Å². The number of nitrogens with one attached hydrogen (secondary N) is 1. The molecule has 1 N–H and O–H groups in total. The van der Waals surface area contributed by atoms with Crippen molar-refractivity contribution in [1.82, 2.24) is 9.97 Å². The van der Waals surface area contributed by atoms with E-state index >= 15 is 0 Å². The molecule has 118 valence electrons.